The molecule has 3 aromatic rings. The van der Waals surface area contributed by atoms with Crippen molar-refractivity contribution in [1.29, 1.82) is 0 Å². The van der Waals surface area contributed by atoms with E-state index in [1.54, 1.807) is 47.3 Å². The number of carbonyl (C=O) groups excluding carboxylic acids is 1. The summed E-state index contributed by atoms with van der Waals surface area (Å²) >= 11 is 0. The summed E-state index contributed by atoms with van der Waals surface area (Å²) in [7, 11) is -5.83. The second-order valence-corrected chi connectivity index (χ2v) is 19.2. The van der Waals surface area contributed by atoms with E-state index in [1.165, 1.54) is 32.1 Å². The molecule has 1 aliphatic carbocycles. The lowest BCUT2D eigenvalue weighted by atomic mass is 10.0. The van der Waals surface area contributed by atoms with Gasteiger partial charge >= 0.3 is 0 Å². The number of nitrogens with zero attached hydrogens (tertiary/aromatic N) is 4. The number of pyridine rings is 1. The average molecular weight is 641 g/mol. The van der Waals surface area contributed by atoms with Crippen LogP contribution in [0.4, 0.5) is 0 Å². The van der Waals surface area contributed by atoms with Gasteiger partial charge in [-0.2, -0.15) is 0 Å². The van der Waals surface area contributed by atoms with Crippen molar-refractivity contribution >= 4 is 29.6 Å². The number of ether oxygens (including phenoxy) is 2. The van der Waals surface area contributed by atoms with E-state index in [2.05, 4.69) is 32.8 Å². The highest BCUT2D eigenvalue weighted by Gasteiger charge is 2.59. The van der Waals surface area contributed by atoms with Crippen molar-refractivity contribution in [3.8, 4) is 11.7 Å². The molecule has 2 unspecified atom stereocenters. The lowest BCUT2D eigenvalue weighted by Crippen LogP contribution is -2.59. The number of sulfonamides is 1. The van der Waals surface area contributed by atoms with Gasteiger partial charge in [0, 0.05) is 26.0 Å². The molecule has 44 heavy (non-hydrogen) atoms. The molecule has 1 saturated heterocycles. The van der Waals surface area contributed by atoms with Crippen molar-refractivity contribution in [2.45, 2.75) is 76.3 Å². The highest BCUT2D eigenvalue weighted by Crippen LogP contribution is 2.54. The maximum absolute atomic E-state index is 14.4. The number of hydrogen-bond acceptors (Lipinski definition) is 8. The predicted molar refractivity (Wildman–Crippen MR) is 170 cm³/mol. The van der Waals surface area contributed by atoms with E-state index >= 15 is 0 Å². The van der Waals surface area contributed by atoms with Crippen LogP contribution in [0.2, 0.25) is 11.1 Å². The molecule has 3 heterocycles. The van der Waals surface area contributed by atoms with Gasteiger partial charge in [-0.15, -0.1) is 5.10 Å². The first-order valence-electron chi connectivity index (χ1n) is 15.3. The van der Waals surface area contributed by atoms with Crippen LogP contribution in [0.3, 0.4) is 0 Å². The predicted octanol–water partition coefficient (Wildman–Crippen LogP) is 5.28. The molecule has 0 bridgehead atoms. The van der Waals surface area contributed by atoms with E-state index in [0.29, 0.717) is 41.6 Å². The molecular formula is C32H44N4O6SSi. The van der Waals surface area contributed by atoms with Gasteiger partial charge in [0.1, 0.15) is 6.73 Å². The summed E-state index contributed by atoms with van der Waals surface area (Å²) in [6.07, 6.45) is 6.14. The fourth-order valence-corrected chi connectivity index (χ4v) is 13.1. The van der Waals surface area contributed by atoms with Crippen molar-refractivity contribution in [3.63, 3.8) is 0 Å². The van der Waals surface area contributed by atoms with E-state index in [1.807, 2.05) is 6.92 Å². The maximum atomic E-state index is 14.4. The molecule has 0 radical (unpaired) electrons. The number of aromatic nitrogens is 3. The van der Waals surface area contributed by atoms with Gasteiger partial charge in [0.15, 0.2) is 5.82 Å². The Kier molecular flexibility index (Phi) is 9.10. The van der Waals surface area contributed by atoms with E-state index in [0.717, 1.165) is 23.2 Å². The van der Waals surface area contributed by atoms with Crippen LogP contribution in [0.15, 0.2) is 59.6 Å². The van der Waals surface area contributed by atoms with Crippen LogP contribution >= 0.6 is 0 Å². The summed E-state index contributed by atoms with van der Waals surface area (Å²) in [5.74, 6) is 0.652. The van der Waals surface area contributed by atoms with Crippen LogP contribution in [0, 0.1) is 11.3 Å². The highest BCUT2D eigenvalue weighted by molar-refractivity contribution is 7.89. The van der Waals surface area contributed by atoms with Crippen LogP contribution in [0.1, 0.15) is 70.7 Å². The third-order valence-corrected chi connectivity index (χ3v) is 16.4. The first-order chi connectivity index (χ1) is 20.9. The third-order valence-electron chi connectivity index (χ3n) is 9.13. The summed E-state index contributed by atoms with van der Waals surface area (Å²) < 4.78 is 47.9. The molecule has 1 saturated carbocycles. The van der Waals surface area contributed by atoms with Crippen LogP contribution in [0.5, 0.6) is 5.88 Å². The monoisotopic (exact) mass is 640 g/mol. The number of benzene rings is 1. The van der Waals surface area contributed by atoms with Crippen LogP contribution in [0.25, 0.3) is 5.82 Å². The molecule has 5 rings (SSSR count). The normalized spacial score (nSPS) is 22.1. The Bertz CT molecular complexity index is 1590. The molecule has 1 aromatic carbocycles. The van der Waals surface area contributed by atoms with Gasteiger partial charge in [-0.25, -0.2) is 22.4 Å². The largest absolute Gasteiger partial charge is 0.477 e. The lowest BCUT2D eigenvalue weighted by molar-refractivity contribution is 0.0665. The molecule has 1 amide bonds. The highest BCUT2D eigenvalue weighted by atomic mass is 32.2. The molecule has 0 spiro atoms. The first kappa shape index (κ1) is 32.3. The molecule has 2 fully saturated rings. The van der Waals surface area contributed by atoms with Crippen molar-refractivity contribution in [2.75, 3.05) is 27.1 Å². The number of carbonyl (C=O) groups is 1. The minimum Gasteiger partial charge on any atom is -0.477 e. The molecule has 2 atom stereocenters. The van der Waals surface area contributed by atoms with Crippen LogP contribution in [-0.4, -0.2) is 68.8 Å². The maximum Gasteiger partial charge on any atom is 0.271 e. The fraction of sp³-hybridized carbons (Fsp3) is 0.531. The summed E-state index contributed by atoms with van der Waals surface area (Å²) in [6, 6.07) is 13.8. The Balaban J connectivity index is 1.59. The van der Waals surface area contributed by atoms with E-state index in [4.69, 9.17) is 18.9 Å². The zero-order valence-electron chi connectivity index (χ0n) is 26.6. The molecule has 12 heteroatoms. The second-order valence-electron chi connectivity index (χ2n) is 13.1. The Morgan fingerprint density at radius 1 is 1.11 bits per heavy atom. The number of methoxy groups -OCH3 is 1. The molecule has 10 nitrogen and oxygen atoms in total. The number of amides is 1. The summed E-state index contributed by atoms with van der Waals surface area (Å²) in [6.45, 7) is 11.4. The number of rotatable bonds is 13. The van der Waals surface area contributed by atoms with Crippen molar-refractivity contribution in [3.05, 3.63) is 60.3 Å². The zero-order chi connectivity index (χ0) is 31.8. The standard InChI is InChI=1S/C32H44N4O6SSi/c1-7-42-44(22-24(2)21-31(44,3)4)29-26(30(37)36(23-40-6)43(38,39)25-11-9-8-10-12-25)13-14-27(33-29)35-19-15-28(34-35)41-20-18-32(5)16-17-32/h8-15,19,24H,7,16-18,20-23H2,1-6H3. The molecule has 2 aliphatic rings. The lowest BCUT2D eigenvalue weighted by Gasteiger charge is -2.39. The van der Waals surface area contributed by atoms with Gasteiger partial charge in [0.2, 0.25) is 14.2 Å². The minimum absolute atomic E-state index is 0.00265. The Hall–Kier alpha value is -3.06. The van der Waals surface area contributed by atoms with Gasteiger partial charge in [0.05, 0.1) is 22.4 Å². The summed E-state index contributed by atoms with van der Waals surface area (Å²) in [4.78, 5) is 19.5. The molecule has 2 aromatic heterocycles. The van der Waals surface area contributed by atoms with Crippen molar-refractivity contribution in [2.24, 2.45) is 11.3 Å². The quantitative estimate of drug-likeness (QED) is 0.183. The molecular weight excluding hydrogens is 597 g/mol. The molecule has 238 valence electrons. The molecule has 0 N–H and O–H groups in total. The van der Waals surface area contributed by atoms with Gasteiger partial charge in [0.25, 0.3) is 15.9 Å². The van der Waals surface area contributed by atoms with Crippen molar-refractivity contribution in [1.82, 2.24) is 19.1 Å². The topological polar surface area (TPSA) is 113 Å². The van der Waals surface area contributed by atoms with Crippen LogP contribution in [-0.2, 0) is 19.2 Å². The van der Waals surface area contributed by atoms with Gasteiger partial charge in [-0.1, -0.05) is 45.9 Å². The molecule has 1 aliphatic heterocycles. The smallest absolute Gasteiger partial charge is 0.271 e. The van der Waals surface area contributed by atoms with Crippen LogP contribution < -0.4 is 10.1 Å². The summed E-state index contributed by atoms with van der Waals surface area (Å²) in [5.41, 5.74) is 0.587. The SMILES string of the molecule is CCO[Si]1(c2nc(-n3ccc(OCCC4(C)CC4)n3)ccc2C(=O)N(COC)S(=O)(=O)c2ccccc2)CC(C)CC1(C)C. The number of hydrogen-bond donors (Lipinski definition) is 0. The van der Waals surface area contributed by atoms with Gasteiger partial charge < -0.3 is 13.9 Å². The third kappa shape index (κ3) is 6.22. The Morgan fingerprint density at radius 2 is 1.84 bits per heavy atom. The van der Waals surface area contributed by atoms with E-state index in [9.17, 15) is 13.2 Å². The van der Waals surface area contributed by atoms with Crippen molar-refractivity contribution < 1.29 is 27.1 Å². The van der Waals surface area contributed by atoms with E-state index in [-0.39, 0.29) is 15.5 Å². The average Bonchev–Trinajstić information content (AvgIpc) is 3.43. The van der Waals surface area contributed by atoms with Gasteiger partial charge in [-0.3, -0.25) is 4.79 Å². The summed E-state index contributed by atoms with van der Waals surface area (Å²) in [5, 5.41) is 4.88. The zero-order valence-corrected chi connectivity index (χ0v) is 28.4. The fourth-order valence-electron chi connectivity index (χ4n) is 6.50. The Morgan fingerprint density at radius 3 is 2.45 bits per heavy atom. The first-order valence-corrected chi connectivity index (χ1v) is 18.9. The van der Waals surface area contributed by atoms with Gasteiger partial charge in [-0.05, 0) is 79.3 Å². The van der Waals surface area contributed by atoms with E-state index < -0.39 is 31.0 Å². The minimum atomic E-state index is -4.22. The Labute approximate surface area is 261 Å². The second kappa shape index (κ2) is 12.4.